The van der Waals surface area contributed by atoms with Crippen LogP contribution in [-0.2, 0) is 4.79 Å². The summed E-state index contributed by atoms with van der Waals surface area (Å²) in [6, 6.07) is -0.151. The van der Waals surface area contributed by atoms with Gasteiger partial charge in [0.15, 0.2) is 0 Å². The van der Waals surface area contributed by atoms with E-state index in [2.05, 4.69) is 10.2 Å². The molecule has 21 heavy (non-hydrogen) atoms. The van der Waals surface area contributed by atoms with Gasteiger partial charge in [-0.25, -0.2) is 4.79 Å². The number of nitrogens with one attached hydrogen (secondary N) is 1. The van der Waals surface area contributed by atoms with Gasteiger partial charge in [-0.15, -0.1) is 0 Å². The van der Waals surface area contributed by atoms with E-state index in [1.165, 1.54) is 0 Å². The van der Waals surface area contributed by atoms with Crippen molar-refractivity contribution < 1.29 is 14.7 Å². The molecular weight excluding hydrogens is 270 g/mol. The van der Waals surface area contributed by atoms with Gasteiger partial charge in [0.25, 0.3) is 0 Å². The summed E-state index contributed by atoms with van der Waals surface area (Å²) in [5.41, 5.74) is -0.287. The van der Waals surface area contributed by atoms with Gasteiger partial charge < -0.3 is 20.2 Å². The molecule has 0 aromatic heterocycles. The summed E-state index contributed by atoms with van der Waals surface area (Å²) in [6.45, 7) is 7.27. The molecule has 122 valence electrons. The normalized spacial score (nSPS) is 21.2. The summed E-state index contributed by atoms with van der Waals surface area (Å²) in [7, 11) is 4.04. The van der Waals surface area contributed by atoms with Crippen LogP contribution in [0, 0.1) is 5.41 Å². The van der Waals surface area contributed by atoms with E-state index in [1.54, 1.807) is 4.90 Å². The number of nitrogens with zero attached hydrogens (tertiary/aromatic N) is 2. The molecule has 2 N–H and O–H groups in total. The Balaban J connectivity index is 2.66. The third-order valence-corrected chi connectivity index (χ3v) is 4.14. The number of aliphatic carboxylic acids is 1. The number of hydrogen-bond acceptors (Lipinski definition) is 3. The van der Waals surface area contributed by atoms with E-state index in [9.17, 15) is 9.59 Å². The molecule has 1 saturated heterocycles. The molecule has 0 aliphatic carbocycles. The smallest absolute Gasteiger partial charge is 0.317 e. The zero-order chi connectivity index (χ0) is 16.2. The van der Waals surface area contributed by atoms with Crippen LogP contribution in [0.4, 0.5) is 4.79 Å². The molecule has 0 spiro atoms. The first kappa shape index (κ1) is 17.8. The van der Waals surface area contributed by atoms with Crippen molar-refractivity contribution in [1.29, 1.82) is 0 Å². The third-order valence-electron chi connectivity index (χ3n) is 4.14. The van der Waals surface area contributed by atoms with Gasteiger partial charge in [0.1, 0.15) is 0 Å². The van der Waals surface area contributed by atoms with Crippen LogP contribution >= 0.6 is 0 Å². The van der Waals surface area contributed by atoms with Crippen LogP contribution in [0.3, 0.4) is 0 Å². The zero-order valence-corrected chi connectivity index (χ0v) is 13.8. The number of carbonyl (C=O) groups excluding carboxylic acids is 1. The number of rotatable bonds is 4. The van der Waals surface area contributed by atoms with Crippen LogP contribution in [0.5, 0.6) is 0 Å². The molecule has 1 rings (SSSR count). The molecule has 1 heterocycles. The minimum absolute atomic E-state index is 0.0554. The second-order valence-corrected chi connectivity index (χ2v) is 7.17. The molecule has 0 bridgehead atoms. The summed E-state index contributed by atoms with van der Waals surface area (Å²) in [5.74, 6) is -0.889. The lowest BCUT2D eigenvalue weighted by Gasteiger charge is -2.38. The lowest BCUT2D eigenvalue weighted by Crippen LogP contribution is -2.55. The number of likely N-dealkylation sites (tertiary alicyclic amines) is 1. The summed E-state index contributed by atoms with van der Waals surface area (Å²) in [4.78, 5) is 27.3. The fraction of sp³-hybridized carbons (Fsp3) is 0.867. The molecule has 6 heteroatoms. The van der Waals surface area contributed by atoms with Crippen molar-refractivity contribution in [3.63, 3.8) is 0 Å². The fourth-order valence-electron chi connectivity index (χ4n) is 2.55. The number of carbonyl (C=O) groups is 2. The van der Waals surface area contributed by atoms with Crippen molar-refractivity contribution in [3.8, 4) is 0 Å². The van der Waals surface area contributed by atoms with Crippen molar-refractivity contribution >= 4 is 12.0 Å². The SMILES string of the molecule is CN(C)C1CCCN(C(=O)NC(CC(=O)O)C(C)(C)C)C1. The molecule has 2 unspecified atom stereocenters. The van der Waals surface area contributed by atoms with Crippen molar-refractivity contribution in [2.24, 2.45) is 5.41 Å². The lowest BCUT2D eigenvalue weighted by molar-refractivity contribution is -0.138. The van der Waals surface area contributed by atoms with Crippen LogP contribution in [0.25, 0.3) is 0 Å². The summed E-state index contributed by atoms with van der Waals surface area (Å²) >= 11 is 0. The topological polar surface area (TPSA) is 72.9 Å². The largest absolute Gasteiger partial charge is 0.481 e. The van der Waals surface area contributed by atoms with Crippen LogP contribution in [0.15, 0.2) is 0 Å². The fourth-order valence-corrected chi connectivity index (χ4v) is 2.55. The Morgan fingerprint density at radius 3 is 2.48 bits per heavy atom. The van der Waals surface area contributed by atoms with Crippen LogP contribution < -0.4 is 5.32 Å². The minimum Gasteiger partial charge on any atom is -0.481 e. The first-order chi connectivity index (χ1) is 9.61. The summed E-state index contributed by atoms with van der Waals surface area (Å²) < 4.78 is 0. The van der Waals surface area contributed by atoms with Gasteiger partial charge in [-0.3, -0.25) is 4.79 Å². The molecule has 0 radical (unpaired) electrons. The average molecular weight is 299 g/mol. The molecule has 6 nitrogen and oxygen atoms in total. The Morgan fingerprint density at radius 1 is 1.38 bits per heavy atom. The molecule has 0 aromatic rings. The molecule has 0 saturated carbocycles. The van der Waals surface area contributed by atoms with Crippen molar-refractivity contribution in [3.05, 3.63) is 0 Å². The highest BCUT2D eigenvalue weighted by molar-refractivity contribution is 5.76. The van der Waals surface area contributed by atoms with E-state index in [0.717, 1.165) is 19.4 Å². The van der Waals surface area contributed by atoms with Gasteiger partial charge in [0.05, 0.1) is 6.42 Å². The number of hydrogen-bond donors (Lipinski definition) is 2. The van der Waals surface area contributed by atoms with Gasteiger partial charge >= 0.3 is 12.0 Å². The Labute approximate surface area is 127 Å². The number of carboxylic acid groups (broad SMARTS) is 1. The molecule has 0 aromatic carbocycles. The van der Waals surface area contributed by atoms with Gasteiger partial charge in [0, 0.05) is 25.2 Å². The number of urea groups is 1. The molecule has 1 aliphatic heterocycles. The highest BCUT2D eigenvalue weighted by atomic mass is 16.4. The van der Waals surface area contributed by atoms with Crippen LogP contribution in [0.2, 0.25) is 0 Å². The Hall–Kier alpha value is -1.30. The summed E-state index contributed by atoms with van der Waals surface area (Å²) in [6.07, 6.45) is 2.02. The monoisotopic (exact) mass is 299 g/mol. The van der Waals surface area contributed by atoms with E-state index in [-0.39, 0.29) is 23.9 Å². The van der Waals surface area contributed by atoms with Crippen molar-refractivity contribution in [2.75, 3.05) is 27.2 Å². The standard InChI is InChI=1S/C15H29N3O3/c1-15(2,3)12(9-13(19)20)16-14(21)18-8-6-7-11(10-18)17(4)5/h11-12H,6-10H2,1-5H3,(H,16,21)(H,19,20). The Bertz CT molecular complexity index is 377. The second-order valence-electron chi connectivity index (χ2n) is 7.17. The Kier molecular flexibility index (Phi) is 6.01. The minimum atomic E-state index is -0.889. The van der Waals surface area contributed by atoms with E-state index < -0.39 is 5.97 Å². The van der Waals surface area contributed by atoms with E-state index in [4.69, 9.17) is 5.11 Å². The number of piperidine rings is 1. The average Bonchev–Trinajstić information content (AvgIpc) is 2.36. The predicted molar refractivity (Wildman–Crippen MR) is 82.3 cm³/mol. The van der Waals surface area contributed by atoms with Crippen LogP contribution in [-0.4, -0.2) is 66.2 Å². The van der Waals surface area contributed by atoms with Gasteiger partial charge in [-0.05, 0) is 32.4 Å². The molecular formula is C15H29N3O3. The first-order valence-electron chi connectivity index (χ1n) is 7.55. The first-order valence-corrected chi connectivity index (χ1v) is 7.55. The number of amides is 2. The van der Waals surface area contributed by atoms with Crippen molar-refractivity contribution in [2.45, 2.75) is 52.1 Å². The zero-order valence-electron chi connectivity index (χ0n) is 13.8. The van der Waals surface area contributed by atoms with E-state index in [0.29, 0.717) is 12.6 Å². The number of carboxylic acids is 1. The van der Waals surface area contributed by atoms with E-state index in [1.807, 2.05) is 34.9 Å². The highest BCUT2D eigenvalue weighted by Crippen LogP contribution is 2.22. The molecule has 1 aliphatic rings. The van der Waals surface area contributed by atoms with E-state index >= 15 is 0 Å². The second kappa shape index (κ2) is 7.11. The predicted octanol–water partition coefficient (Wildman–Crippen LogP) is 1.61. The van der Waals surface area contributed by atoms with Crippen LogP contribution in [0.1, 0.15) is 40.0 Å². The van der Waals surface area contributed by atoms with Gasteiger partial charge in [0.2, 0.25) is 0 Å². The quantitative estimate of drug-likeness (QED) is 0.827. The van der Waals surface area contributed by atoms with Crippen molar-refractivity contribution in [1.82, 2.24) is 15.1 Å². The maximum absolute atomic E-state index is 12.4. The molecule has 1 fully saturated rings. The third kappa shape index (κ3) is 5.53. The lowest BCUT2D eigenvalue weighted by atomic mass is 9.85. The highest BCUT2D eigenvalue weighted by Gasteiger charge is 2.31. The maximum Gasteiger partial charge on any atom is 0.317 e. The molecule has 2 atom stereocenters. The van der Waals surface area contributed by atoms with Gasteiger partial charge in [-0.2, -0.15) is 0 Å². The number of likely N-dealkylation sites (N-methyl/N-ethyl adjacent to an activating group) is 1. The molecule has 2 amide bonds. The maximum atomic E-state index is 12.4. The van der Waals surface area contributed by atoms with Gasteiger partial charge in [-0.1, -0.05) is 20.8 Å². The summed E-state index contributed by atoms with van der Waals surface area (Å²) in [5, 5.41) is 11.9. The Morgan fingerprint density at radius 2 is 2.00 bits per heavy atom.